The minimum atomic E-state index is -1.15. The molecule has 0 aromatic heterocycles. The quantitative estimate of drug-likeness (QED) is 0.618. The van der Waals surface area contributed by atoms with E-state index < -0.39 is 23.4 Å². The van der Waals surface area contributed by atoms with E-state index >= 15 is 0 Å². The number of carbonyl (C=O) groups is 3. The van der Waals surface area contributed by atoms with Crippen molar-refractivity contribution < 1.29 is 23.9 Å². The average molecular weight is 437 g/mol. The first kappa shape index (κ1) is 21.7. The SMILES string of the molecule is CCCCc1ccc(NC(=O)CN2C(=O)NC(C)(Cc3ccc4c(c3)OCO4)C2=O)cc1. The standard InChI is InChI=1S/C24H27N3O5/c1-3-4-5-16-6-9-18(10-7-16)25-21(28)14-27-22(29)24(2,26-23(27)30)13-17-8-11-19-20(12-17)32-15-31-19/h6-12H,3-5,13-15H2,1-2H3,(H,25,28)(H,26,30). The number of urea groups is 1. The number of carbonyl (C=O) groups excluding carboxylic acids is 3. The van der Waals surface area contributed by atoms with Crippen molar-refractivity contribution >= 4 is 23.5 Å². The minimum Gasteiger partial charge on any atom is -0.454 e. The van der Waals surface area contributed by atoms with Gasteiger partial charge in [-0.2, -0.15) is 0 Å². The largest absolute Gasteiger partial charge is 0.454 e. The number of hydrogen-bond donors (Lipinski definition) is 2. The van der Waals surface area contributed by atoms with Gasteiger partial charge in [0.15, 0.2) is 11.5 Å². The van der Waals surface area contributed by atoms with Crippen LogP contribution in [0.4, 0.5) is 10.5 Å². The first-order chi connectivity index (χ1) is 15.4. The molecule has 2 aliphatic rings. The molecular weight excluding hydrogens is 410 g/mol. The minimum absolute atomic E-state index is 0.163. The summed E-state index contributed by atoms with van der Waals surface area (Å²) in [6, 6.07) is 12.4. The zero-order valence-electron chi connectivity index (χ0n) is 18.3. The number of hydrogen-bond acceptors (Lipinski definition) is 5. The maximum absolute atomic E-state index is 13.0. The first-order valence-electron chi connectivity index (χ1n) is 10.8. The molecule has 1 fully saturated rings. The lowest BCUT2D eigenvalue weighted by molar-refractivity contribution is -0.133. The Morgan fingerprint density at radius 3 is 2.56 bits per heavy atom. The summed E-state index contributed by atoms with van der Waals surface area (Å²) >= 11 is 0. The predicted molar refractivity (Wildman–Crippen MR) is 119 cm³/mol. The zero-order valence-corrected chi connectivity index (χ0v) is 18.3. The van der Waals surface area contributed by atoms with Gasteiger partial charge in [0.1, 0.15) is 12.1 Å². The molecule has 0 spiro atoms. The van der Waals surface area contributed by atoms with Crippen molar-refractivity contribution in [2.45, 2.75) is 45.1 Å². The first-order valence-corrected chi connectivity index (χ1v) is 10.8. The smallest absolute Gasteiger partial charge is 0.325 e. The highest BCUT2D eigenvalue weighted by Crippen LogP contribution is 2.34. The van der Waals surface area contributed by atoms with Crippen LogP contribution in [0.1, 0.15) is 37.8 Å². The number of unbranched alkanes of at least 4 members (excludes halogenated alkanes) is 1. The van der Waals surface area contributed by atoms with Crippen LogP contribution in [0.3, 0.4) is 0 Å². The fourth-order valence-electron chi connectivity index (χ4n) is 3.95. The summed E-state index contributed by atoms with van der Waals surface area (Å²) < 4.78 is 10.7. The number of fused-ring (bicyclic) bond motifs is 1. The van der Waals surface area contributed by atoms with Gasteiger partial charge in [0, 0.05) is 12.1 Å². The summed E-state index contributed by atoms with van der Waals surface area (Å²) in [5.41, 5.74) is 1.51. The van der Waals surface area contributed by atoms with E-state index in [1.165, 1.54) is 5.56 Å². The zero-order chi connectivity index (χ0) is 22.7. The summed E-state index contributed by atoms with van der Waals surface area (Å²) in [7, 11) is 0. The second-order valence-electron chi connectivity index (χ2n) is 8.37. The van der Waals surface area contributed by atoms with E-state index in [2.05, 4.69) is 17.6 Å². The second-order valence-corrected chi connectivity index (χ2v) is 8.37. The number of rotatable bonds is 8. The van der Waals surface area contributed by atoms with Gasteiger partial charge in [-0.3, -0.25) is 14.5 Å². The molecule has 0 radical (unpaired) electrons. The molecule has 168 valence electrons. The fraction of sp³-hybridized carbons (Fsp3) is 0.375. The fourth-order valence-corrected chi connectivity index (χ4v) is 3.95. The van der Waals surface area contributed by atoms with Gasteiger partial charge in [0.25, 0.3) is 5.91 Å². The average Bonchev–Trinajstić information content (AvgIpc) is 3.31. The third-order valence-corrected chi connectivity index (χ3v) is 5.70. The van der Waals surface area contributed by atoms with Crippen LogP contribution in [-0.4, -0.2) is 41.6 Å². The van der Waals surface area contributed by atoms with E-state index in [9.17, 15) is 14.4 Å². The van der Waals surface area contributed by atoms with Gasteiger partial charge < -0.3 is 20.1 Å². The number of nitrogens with one attached hydrogen (secondary N) is 2. The van der Waals surface area contributed by atoms with E-state index in [1.54, 1.807) is 19.1 Å². The van der Waals surface area contributed by atoms with Crippen LogP contribution in [-0.2, 0) is 22.4 Å². The van der Waals surface area contributed by atoms with Gasteiger partial charge in [0.05, 0.1) is 0 Å². The summed E-state index contributed by atoms with van der Waals surface area (Å²) in [6.07, 6.45) is 3.50. The molecule has 1 unspecified atom stereocenters. The molecule has 1 atom stereocenters. The Morgan fingerprint density at radius 2 is 1.81 bits per heavy atom. The van der Waals surface area contributed by atoms with Crippen molar-refractivity contribution in [3.05, 3.63) is 53.6 Å². The van der Waals surface area contributed by atoms with Gasteiger partial charge in [-0.25, -0.2) is 4.79 Å². The Morgan fingerprint density at radius 1 is 1.09 bits per heavy atom. The third kappa shape index (κ3) is 4.54. The van der Waals surface area contributed by atoms with E-state index in [4.69, 9.17) is 9.47 Å². The van der Waals surface area contributed by atoms with Gasteiger partial charge >= 0.3 is 6.03 Å². The van der Waals surface area contributed by atoms with Crippen molar-refractivity contribution in [1.29, 1.82) is 0 Å². The van der Waals surface area contributed by atoms with Crippen LogP contribution in [0.5, 0.6) is 11.5 Å². The molecule has 0 aliphatic carbocycles. The molecule has 2 aliphatic heterocycles. The Bertz CT molecular complexity index is 1040. The van der Waals surface area contributed by atoms with Crippen LogP contribution < -0.4 is 20.1 Å². The highest BCUT2D eigenvalue weighted by molar-refractivity contribution is 6.10. The predicted octanol–water partition coefficient (Wildman–Crippen LogP) is 3.25. The number of amides is 4. The van der Waals surface area contributed by atoms with Crippen LogP contribution >= 0.6 is 0 Å². The van der Waals surface area contributed by atoms with Gasteiger partial charge in [0.2, 0.25) is 12.7 Å². The maximum Gasteiger partial charge on any atom is 0.325 e. The van der Waals surface area contributed by atoms with Crippen LogP contribution in [0.25, 0.3) is 0 Å². The van der Waals surface area contributed by atoms with Crippen LogP contribution in [0.15, 0.2) is 42.5 Å². The maximum atomic E-state index is 13.0. The molecule has 2 aromatic carbocycles. The van der Waals surface area contributed by atoms with Crippen molar-refractivity contribution in [2.24, 2.45) is 0 Å². The van der Waals surface area contributed by atoms with Gasteiger partial charge in [-0.05, 0) is 55.2 Å². The molecule has 2 aromatic rings. The normalized spacial score (nSPS) is 19.2. The highest BCUT2D eigenvalue weighted by atomic mass is 16.7. The molecular formula is C24H27N3O5. The highest BCUT2D eigenvalue weighted by Gasteiger charge is 2.48. The molecule has 0 saturated carbocycles. The Hall–Kier alpha value is -3.55. The molecule has 8 heteroatoms. The van der Waals surface area contributed by atoms with Crippen molar-refractivity contribution in [2.75, 3.05) is 18.7 Å². The van der Waals surface area contributed by atoms with Crippen LogP contribution in [0, 0.1) is 0 Å². The van der Waals surface area contributed by atoms with E-state index in [1.807, 2.05) is 30.3 Å². The molecule has 4 amide bonds. The molecule has 4 rings (SSSR count). The summed E-state index contributed by atoms with van der Waals surface area (Å²) in [5, 5.41) is 5.48. The molecule has 8 nitrogen and oxygen atoms in total. The lowest BCUT2D eigenvalue weighted by Crippen LogP contribution is -2.46. The number of imide groups is 1. The molecule has 0 bridgehead atoms. The number of ether oxygens (including phenoxy) is 2. The Balaban J connectivity index is 1.37. The number of aryl methyl sites for hydroxylation is 1. The van der Waals surface area contributed by atoms with E-state index in [-0.39, 0.29) is 19.8 Å². The lowest BCUT2D eigenvalue weighted by atomic mass is 9.92. The monoisotopic (exact) mass is 437 g/mol. The number of nitrogens with zero attached hydrogens (tertiary/aromatic N) is 1. The Kier molecular flexibility index (Phi) is 6.03. The van der Waals surface area contributed by atoms with Crippen molar-refractivity contribution in [3.8, 4) is 11.5 Å². The van der Waals surface area contributed by atoms with E-state index in [0.717, 1.165) is 29.7 Å². The summed E-state index contributed by atoms with van der Waals surface area (Å²) in [4.78, 5) is 39.0. The van der Waals surface area contributed by atoms with E-state index in [0.29, 0.717) is 17.2 Å². The van der Waals surface area contributed by atoms with Crippen molar-refractivity contribution in [3.63, 3.8) is 0 Å². The van der Waals surface area contributed by atoms with Gasteiger partial charge in [-0.15, -0.1) is 0 Å². The Labute approximate surface area is 186 Å². The summed E-state index contributed by atoms with van der Waals surface area (Å²) in [5.74, 6) is 0.393. The topological polar surface area (TPSA) is 97.0 Å². The number of benzene rings is 2. The summed E-state index contributed by atoms with van der Waals surface area (Å²) in [6.45, 7) is 3.62. The third-order valence-electron chi connectivity index (χ3n) is 5.70. The van der Waals surface area contributed by atoms with Crippen LogP contribution in [0.2, 0.25) is 0 Å². The lowest BCUT2D eigenvalue weighted by Gasteiger charge is -2.22. The molecule has 1 saturated heterocycles. The second kappa shape index (κ2) is 8.90. The molecule has 32 heavy (non-hydrogen) atoms. The van der Waals surface area contributed by atoms with Gasteiger partial charge in [-0.1, -0.05) is 31.5 Å². The number of anilines is 1. The molecule has 2 N–H and O–H groups in total. The van der Waals surface area contributed by atoms with Crippen molar-refractivity contribution in [1.82, 2.24) is 10.2 Å². The molecule has 2 heterocycles.